The van der Waals surface area contributed by atoms with Crippen LogP contribution >= 0.6 is 0 Å². The molecule has 1 saturated heterocycles. The van der Waals surface area contributed by atoms with Gasteiger partial charge in [-0.1, -0.05) is 26.7 Å². The zero-order valence-electron chi connectivity index (χ0n) is 10.2. The molecule has 0 aromatic carbocycles. The quantitative estimate of drug-likeness (QED) is 0.754. The summed E-state index contributed by atoms with van der Waals surface area (Å²) < 4.78 is 5.77. The molecule has 15 heavy (non-hydrogen) atoms. The van der Waals surface area contributed by atoms with Crippen LogP contribution in [-0.2, 0) is 4.74 Å². The van der Waals surface area contributed by atoms with Crippen molar-refractivity contribution in [1.29, 1.82) is 0 Å². The second-order valence-electron chi connectivity index (χ2n) is 5.56. The predicted molar refractivity (Wildman–Crippen MR) is 62.9 cm³/mol. The van der Waals surface area contributed by atoms with E-state index in [1.54, 1.807) is 0 Å². The third-order valence-corrected chi connectivity index (χ3v) is 3.74. The van der Waals surface area contributed by atoms with Crippen LogP contribution in [0.4, 0.5) is 0 Å². The number of ether oxygens (including phenoxy) is 1. The van der Waals surface area contributed by atoms with Gasteiger partial charge in [0.1, 0.15) is 0 Å². The first kappa shape index (κ1) is 11.4. The molecule has 1 aliphatic carbocycles. The van der Waals surface area contributed by atoms with Gasteiger partial charge in [-0.25, -0.2) is 0 Å². The molecule has 2 atom stereocenters. The SMILES string of the molecule is CC(C)C1CC(NCCC2CC2)CCO1. The molecule has 2 unspecified atom stereocenters. The molecule has 2 heteroatoms. The monoisotopic (exact) mass is 211 g/mol. The Hall–Kier alpha value is -0.0800. The Morgan fingerprint density at radius 3 is 2.73 bits per heavy atom. The minimum Gasteiger partial charge on any atom is -0.378 e. The number of rotatable bonds is 5. The minimum absolute atomic E-state index is 0.483. The van der Waals surface area contributed by atoms with Crippen molar-refractivity contribution in [3.8, 4) is 0 Å². The van der Waals surface area contributed by atoms with Crippen LogP contribution in [0.3, 0.4) is 0 Å². The molecule has 0 aromatic rings. The van der Waals surface area contributed by atoms with Crippen LogP contribution in [0.5, 0.6) is 0 Å². The fraction of sp³-hybridized carbons (Fsp3) is 1.00. The molecule has 2 rings (SSSR count). The summed E-state index contributed by atoms with van der Waals surface area (Å²) in [4.78, 5) is 0. The van der Waals surface area contributed by atoms with Crippen molar-refractivity contribution in [3.63, 3.8) is 0 Å². The van der Waals surface area contributed by atoms with Gasteiger partial charge in [0.15, 0.2) is 0 Å². The van der Waals surface area contributed by atoms with Gasteiger partial charge in [-0.3, -0.25) is 0 Å². The number of hydrogen-bond acceptors (Lipinski definition) is 2. The Morgan fingerprint density at radius 1 is 1.27 bits per heavy atom. The van der Waals surface area contributed by atoms with E-state index in [0.717, 1.165) is 12.5 Å². The highest BCUT2D eigenvalue weighted by Gasteiger charge is 2.25. The maximum atomic E-state index is 5.77. The maximum Gasteiger partial charge on any atom is 0.0612 e. The lowest BCUT2D eigenvalue weighted by Gasteiger charge is -2.32. The smallest absolute Gasteiger partial charge is 0.0612 e. The molecule has 1 aliphatic heterocycles. The van der Waals surface area contributed by atoms with E-state index in [2.05, 4.69) is 19.2 Å². The molecule has 1 N–H and O–H groups in total. The Morgan fingerprint density at radius 2 is 2.07 bits per heavy atom. The summed E-state index contributed by atoms with van der Waals surface area (Å²) in [7, 11) is 0. The highest BCUT2D eigenvalue weighted by atomic mass is 16.5. The van der Waals surface area contributed by atoms with Crippen molar-refractivity contribution in [2.75, 3.05) is 13.2 Å². The van der Waals surface area contributed by atoms with Gasteiger partial charge < -0.3 is 10.1 Å². The lowest BCUT2D eigenvalue weighted by atomic mass is 9.95. The summed E-state index contributed by atoms with van der Waals surface area (Å²) in [5.74, 6) is 1.72. The van der Waals surface area contributed by atoms with Gasteiger partial charge in [0.2, 0.25) is 0 Å². The van der Waals surface area contributed by atoms with Crippen LogP contribution in [0.25, 0.3) is 0 Å². The van der Waals surface area contributed by atoms with Gasteiger partial charge in [-0.05, 0) is 37.6 Å². The first-order valence-electron chi connectivity index (χ1n) is 6.60. The highest BCUT2D eigenvalue weighted by Crippen LogP contribution is 2.31. The Bertz CT molecular complexity index is 189. The van der Waals surface area contributed by atoms with Crippen molar-refractivity contribution < 1.29 is 4.74 Å². The predicted octanol–water partition coefficient (Wildman–Crippen LogP) is 2.58. The zero-order valence-corrected chi connectivity index (χ0v) is 10.2. The molecular weight excluding hydrogens is 186 g/mol. The Balaban J connectivity index is 1.62. The first-order chi connectivity index (χ1) is 7.25. The lowest BCUT2D eigenvalue weighted by molar-refractivity contribution is -0.0243. The minimum atomic E-state index is 0.483. The molecule has 2 fully saturated rings. The standard InChI is InChI=1S/C13H25NO/c1-10(2)13-9-12(6-8-15-13)14-7-5-11-3-4-11/h10-14H,3-9H2,1-2H3. The molecule has 0 aromatic heterocycles. The molecule has 0 amide bonds. The Kier molecular flexibility index (Phi) is 4.04. The topological polar surface area (TPSA) is 21.3 Å². The van der Waals surface area contributed by atoms with Gasteiger partial charge in [-0.15, -0.1) is 0 Å². The second-order valence-corrected chi connectivity index (χ2v) is 5.56. The third-order valence-electron chi connectivity index (χ3n) is 3.74. The van der Waals surface area contributed by atoms with Crippen molar-refractivity contribution in [2.24, 2.45) is 11.8 Å². The van der Waals surface area contributed by atoms with Crippen LogP contribution in [0.15, 0.2) is 0 Å². The third kappa shape index (κ3) is 3.76. The average molecular weight is 211 g/mol. The molecule has 2 aliphatic rings. The molecule has 1 heterocycles. The first-order valence-corrected chi connectivity index (χ1v) is 6.60. The fourth-order valence-corrected chi connectivity index (χ4v) is 2.38. The highest BCUT2D eigenvalue weighted by molar-refractivity contribution is 4.80. The van der Waals surface area contributed by atoms with E-state index in [1.165, 1.54) is 38.6 Å². The van der Waals surface area contributed by atoms with Gasteiger partial charge in [0, 0.05) is 12.6 Å². The maximum absolute atomic E-state index is 5.77. The summed E-state index contributed by atoms with van der Waals surface area (Å²) >= 11 is 0. The lowest BCUT2D eigenvalue weighted by Crippen LogP contribution is -2.41. The molecule has 2 nitrogen and oxygen atoms in total. The van der Waals surface area contributed by atoms with E-state index in [1.807, 2.05) is 0 Å². The second kappa shape index (κ2) is 5.31. The van der Waals surface area contributed by atoms with Crippen LogP contribution in [0, 0.1) is 11.8 Å². The summed E-state index contributed by atoms with van der Waals surface area (Å²) in [6.07, 6.45) is 7.24. The van der Waals surface area contributed by atoms with E-state index in [9.17, 15) is 0 Å². The van der Waals surface area contributed by atoms with E-state index in [-0.39, 0.29) is 0 Å². The van der Waals surface area contributed by atoms with Crippen LogP contribution in [0.1, 0.15) is 46.0 Å². The van der Waals surface area contributed by atoms with E-state index >= 15 is 0 Å². The van der Waals surface area contributed by atoms with Crippen LogP contribution in [0.2, 0.25) is 0 Å². The van der Waals surface area contributed by atoms with Crippen molar-refractivity contribution >= 4 is 0 Å². The summed E-state index contributed by atoms with van der Waals surface area (Å²) in [5.41, 5.74) is 0. The molecule has 1 saturated carbocycles. The normalized spacial score (nSPS) is 32.2. The van der Waals surface area contributed by atoms with Gasteiger partial charge in [-0.2, -0.15) is 0 Å². The largest absolute Gasteiger partial charge is 0.378 e. The van der Waals surface area contributed by atoms with Crippen molar-refractivity contribution in [1.82, 2.24) is 5.32 Å². The zero-order chi connectivity index (χ0) is 10.7. The van der Waals surface area contributed by atoms with E-state index < -0.39 is 0 Å². The summed E-state index contributed by atoms with van der Waals surface area (Å²) in [6, 6.07) is 0.713. The van der Waals surface area contributed by atoms with E-state index in [0.29, 0.717) is 18.1 Å². The van der Waals surface area contributed by atoms with Gasteiger partial charge >= 0.3 is 0 Å². The number of hydrogen-bond donors (Lipinski definition) is 1. The summed E-state index contributed by atoms with van der Waals surface area (Å²) in [6.45, 7) is 6.69. The number of nitrogens with one attached hydrogen (secondary N) is 1. The molecule has 0 bridgehead atoms. The van der Waals surface area contributed by atoms with Gasteiger partial charge in [0.25, 0.3) is 0 Å². The summed E-state index contributed by atoms with van der Waals surface area (Å²) in [5, 5.41) is 3.70. The van der Waals surface area contributed by atoms with Crippen LogP contribution < -0.4 is 5.32 Å². The average Bonchev–Trinajstić information content (AvgIpc) is 3.02. The molecule has 0 radical (unpaired) electrons. The van der Waals surface area contributed by atoms with Gasteiger partial charge in [0.05, 0.1) is 6.10 Å². The van der Waals surface area contributed by atoms with E-state index in [4.69, 9.17) is 4.74 Å². The van der Waals surface area contributed by atoms with Crippen molar-refractivity contribution in [2.45, 2.75) is 58.1 Å². The molecular formula is C13H25NO. The van der Waals surface area contributed by atoms with Crippen molar-refractivity contribution in [3.05, 3.63) is 0 Å². The fourth-order valence-electron chi connectivity index (χ4n) is 2.38. The Labute approximate surface area is 93.8 Å². The molecule has 0 spiro atoms. The molecule has 88 valence electrons. The van der Waals surface area contributed by atoms with Crippen LogP contribution in [-0.4, -0.2) is 25.3 Å².